The molecule has 1 aliphatic rings. The van der Waals surface area contributed by atoms with Gasteiger partial charge in [0.2, 0.25) is 0 Å². The lowest BCUT2D eigenvalue weighted by molar-refractivity contribution is -0.143. The molecule has 0 heterocycles. The van der Waals surface area contributed by atoms with Crippen LogP contribution < -0.4 is 5.32 Å². The van der Waals surface area contributed by atoms with Crippen LogP contribution in [0.3, 0.4) is 0 Å². The van der Waals surface area contributed by atoms with E-state index < -0.39 is 47.0 Å². The van der Waals surface area contributed by atoms with Crippen LogP contribution in [0.1, 0.15) is 53.6 Å². The summed E-state index contributed by atoms with van der Waals surface area (Å²) in [5.41, 5.74) is 4.76. The number of carbonyl (C=O) groups excluding carboxylic acids is 1. The van der Waals surface area contributed by atoms with E-state index in [-0.39, 0.29) is 6.07 Å². The second-order valence-corrected chi connectivity index (χ2v) is 6.28. The maximum Gasteiger partial charge on any atom is 0.416 e. The van der Waals surface area contributed by atoms with Gasteiger partial charge in [0.1, 0.15) is 0 Å². The quantitative estimate of drug-likeness (QED) is 0.239. The van der Waals surface area contributed by atoms with Gasteiger partial charge < -0.3 is 5.32 Å². The molecule has 0 bridgehead atoms. The predicted octanol–water partition coefficient (Wildman–Crippen LogP) is 5.47. The van der Waals surface area contributed by atoms with Crippen molar-refractivity contribution in [3.63, 3.8) is 0 Å². The van der Waals surface area contributed by atoms with Crippen LogP contribution in [0.5, 0.6) is 0 Å². The molecule has 0 spiro atoms. The first kappa shape index (κ1) is 20.9. The number of azide groups is 1. The Kier molecular flexibility index (Phi) is 6.25. The molecule has 0 radical (unpaired) electrons. The van der Waals surface area contributed by atoms with Crippen LogP contribution in [-0.2, 0) is 12.4 Å². The third-order valence-electron chi connectivity index (χ3n) is 4.35. The summed E-state index contributed by atoms with van der Waals surface area (Å²) in [5, 5.41) is 6.02. The molecule has 0 aliphatic heterocycles. The fraction of sp³-hybridized carbons (Fsp3) is 0.562. The van der Waals surface area contributed by atoms with E-state index in [9.17, 15) is 31.1 Å². The highest BCUT2D eigenvalue weighted by atomic mass is 19.4. The number of rotatable bonds is 3. The van der Waals surface area contributed by atoms with Crippen molar-refractivity contribution in [2.24, 2.45) is 5.11 Å². The van der Waals surface area contributed by atoms with E-state index in [0.717, 1.165) is 12.8 Å². The molecule has 11 heteroatoms. The van der Waals surface area contributed by atoms with Crippen LogP contribution in [0.4, 0.5) is 26.3 Å². The van der Waals surface area contributed by atoms with Gasteiger partial charge >= 0.3 is 12.4 Å². The number of carbonyl (C=O) groups is 1. The lowest BCUT2D eigenvalue weighted by Crippen LogP contribution is -2.42. The van der Waals surface area contributed by atoms with Crippen LogP contribution in [0.15, 0.2) is 23.3 Å². The standard InChI is InChI=1S/C16H16F6N4O/c17-15(18,19)10-6-9(7-11(8-10)16(20,21)22)14(27)24-12-4-2-1-3-5-13(12)25-26-23/h6-8,12-13H,1-5H2,(H,24,27)/t12-,13?/m1/s1. The molecule has 27 heavy (non-hydrogen) atoms. The van der Waals surface area contributed by atoms with Crippen molar-refractivity contribution < 1.29 is 31.1 Å². The topological polar surface area (TPSA) is 77.9 Å². The average molecular weight is 394 g/mol. The highest BCUT2D eigenvalue weighted by Gasteiger charge is 2.37. The summed E-state index contributed by atoms with van der Waals surface area (Å²) in [6, 6.07) is -0.534. The lowest BCUT2D eigenvalue weighted by Gasteiger charge is -2.23. The number of hydrogen-bond donors (Lipinski definition) is 1. The maximum atomic E-state index is 12.9. The fourth-order valence-electron chi connectivity index (χ4n) is 3.00. The number of amides is 1. The second-order valence-electron chi connectivity index (χ2n) is 6.28. The molecule has 1 aromatic carbocycles. The van der Waals surface area contributed by atoms with Gasteiger partial charge in [0.15, 0.2) is 0 Å². The molecule has 1 aromatic rings. The summed E-state index contributed by atoms with van der Waals surface area (Å²) >= 11 is 0. The minimum Gasteiger partial charge on any atom is -0.349 e. The molecule has 1 saturated carbocycles. The Balaban J connectivity index is 2.35. The van der Waals surface area contributed by atoms with E-state index in [4.69, 9.17) is 5.53 Å². The number of nitrogens with zero attached hydrogens (tertiary/aromatic N) is 3. The molecule has 5 nitrogen and oxygen atoms in total. The van der Waals surface area contributed by atoms with Gasteiger partial charge in [-0.3, -0.25) is 4.79 Å². The Bertz CT molecular complexity index is 707. The van der Waals surface area contributed by atoms with Gasteiger partial charge in [-0.1, -0.05) is 24.4 Å². The molecule has 1 unspecified atom stereocenters. The van der Waals surface area contributed by atoms with E-state index in [1.165, 1.54) is 0 Å². The third-order valence-corrected chi connectivity index (χ3v) is 4.35. The number of nitrogens with one attached hydrogen (secondary N) is 1. The Hall–Kier alpha value is -2.42. The first-order chi connectivity index (χ1) is 12.5. The summed E-state index contributed by atoms with van der Waals surface area (Å²) in [6.45, 7) is 0. The Morgan fingerprint density at radius 3 is 2.07 bits per heavy atom. The monoisotopic (exact) mass is 394 g/mol. The van der Waals surface area contributed by atoms with E-state index in [2.05, 4.69) is 15.3 Å². The van der Waals surface area contributed by atoms with Crippen molar-refractivity contribution in [3.05, 3.63) is 45.3 Å². The first-order valence-corrected chi connectivity index (χ1v) is 8.17. The summed E-state index contributed by atoms with van der Waals surface area (Å²) in [4.78, 5) is 15.1. The molecule has 148 valence electrons. The number of benzene rings is 1. The van der Waals surface area contributed by atoms with Gasteiger partial charge in [0, 0.05) is 16.5 Å². The fourth-order valence-corrected chi connectivity index (χ4v) is 3.00. The molecule has 0 aromatic heterocycles. The Morgan fingerprint density at radius 2 is 1.56 bits per heavy atom. The van der Waals surface area contributed by atoms with Crippen LogP contribution in [0.2, 0.25) is 0 Å². The summed E-state index contributed by atoms with van der Waals surface area (Å²) in [5.74, 6) is -1.07. The molecule has 0 saturated heterocycles. The zero-order valence-corrected chi connectivity index (χ0v) is 13.9. The van der Waals surface area contributed by atoms with E-state index in [1.54, 1.807) is 0 Å². The number of hydrogen-bond acceptors (Lipinski definition) is 2. The molecule has 1 amide bonds. The largest absolute Gasteiger partial charge is 0.416 e. The highest BCUT2D eigenvalue weighted by molar-refractivity contribution is 5.95. The zero-order valence-electron chi connectivity index (χ0n) is 13.9. The van der Waals surface area contributed by atoms with E-state index >= 15 is 0 Å². The summed E-state index contributed by atoms with van der Waals surface area (Å²) in [6.07, 6.45) is -6.91. The van der Waals surface area contributed by atoms with Crippen molar-refractivity contribution in [3.8, 4) is 0 Å². The van der Waals surface area contributed by atoms with Gasteiger partial charge in [-0.15, -0.1) is 0 Å². The highest BCUT2D eigenvalue weighted by Crippen LogP contribution is 2.36. The summed E-state index contributed by atoms with van der Waals surface area (Å²) < 4.78 is 77.5. The van der Waals surface area contributed by atoms with Crippen LogP contribution in [-0.4, -0.2) is 18.0 Å². The third kappa shape index (κ3) is 5.53. The van der Waals surface area contributed by atoms with Crippen LogP contribution >= 0.6 is 0 Å². The zero-order chi connectivity index (χ0) is 20.2. The van der Waals surface area contributed by atoms with Crippen molar-refractivity contribution in [1.29, 1.82) is 0 Å². The SMILES string of the molecule is [N-]=[N+]=NC1CCCCC[C@H]1NC(=O)c1cc(C(F)(F)F)cc(C(F)(F)F)c1. The Labute approximate surface area is 150 Å². The normalized spacial score (nSPS) is 21.1. The summed E-state index contributed by atoms with van der Waals surface area (Å²) in [7, 11) is 0. The van der Waals surface area contributed by atoms with E-state index in [1.807, 2.05) is 0 Å². The van der Waals surface area contributed by atoms with Gasteiger partial charge in [0.25, 0.3) is 5.91 Å². The maximum absolute atomic E-state index is 12.9. The average Bonchev–Trinajstić information content (AvgIpc) is 2.79. The van der Waals surface area contributed by atoms with Crippen LogP contribution in [0.25, 0.3) is 10.4 Å². The predicted molar refractivity (Wildman–Crippen MR) is 83.7 cm³/mol. The van der Waals surface area contributed by atoms with Crippen molar-refractivity contribution >= 4 is 5.91 Å². The number of alkyl halides is 6. The molecule has 1 fully saturated rings. The second kappa shape index (κ2) is 8.08. The van der Waals surface area contributed by atoms with Gasteiger partial charge in [0.05, 0.1) is 17.2 Å². The van der Waals surface area contributed by atoms with E-state index in [0.29, 0.717) is 31.4 Å². The lowest BCUT2D eigenvalue weighted by atomic mass is 10.0. The molecule has 1 N–H and O–H groups in total. The van der Waals surface area contributed by atoms with Gasteiger partial charge in [-0.2, -0.15) is 26.3 Å². The minimum atomic E-state index is -5.04. The first-order valence-electron chi connectivity index (χ1n) is 8.17. The van der Waals surface area contributed by atoms with Gasteiger partial charge in [-0.25, -0.2) is 0 Å². The molecular weight excluding hydrogens is 378 g/mol. The molecule has 1 aliphatic carbocycles. The van der Waals surface area contributed by atoms with Crippen molar-refractivity contribution in [2.75, 3.05) is 0 Å². The van der Waals surface area contributed by atoms with Gasteiger partial charge in [-0.05, 0) is 36.6 Å². The Morgan fingerprint density at radius 1 is 1.00 bits per heavy atom. The minimum absolute atomic E-state index is 0.0365. The van der Waals surface area contributed by atoms with Crippen molar-refractivity contribution in [2.45, 2.75) is 56.5 Å². The van der Waals surface area contributed by atoms with Crippen molar-refractivity contribution in [1.82, 2.24) is 5.32 Å². The molecule has 2 rings (SSSR count). The number of halogens is 6. The molecular formula is C16H16F6N4O. The molecule has 2 atom stereocenters. The smallest absolute Gasteiger partial charge is 0.349 e. The van der Waals surface area contributed by atoms with Crippen LogP contribution in [0, 0.1) is 0 Å².